The van der Waals surface area contributed by atoms with E-state index in [9.17, 15) is 14.4 Å². The summed E-state index contributed by atoms with van der Waals surface area (Å²) in [7, 11) is 1.36. The highest BCUT2D eigenvalue weighted by Gasteiger charge is 2.26. The molecule has 0 bridgehead atoms. The number of carbonyl (C=O) groups excluding carboxylic acids is 2. The number of hydrogen-bond donors (Lipinski definition) is 1. The van der Waals surface area contributed by atoms with Gasteiger partial charge in [0.15, 0.2) is 0 Å². The fourth-order valence-corrected chi connectivity index (χ4v) is 3.23. The van der Waals surface area contributed by atoms with E-state index in [0.29, 0.717) is 49.3 Å². The highest BCUT2D eigenvalue weighted by molar-refractivity contribution is 5.93. The molecule has 8 nitrogen and oxygen atoms in total. The van der Waals surface area contributed by atoms with Gasteiger partial charge >= 0.3 is 5.97 Å². The summed E-state index contributed by atoms with van der Waals surface area (Å²) in [6, 6.07) is 8.66. The molecule has 1 fully saturated rings. The molecule has 0 aliphatic carbocycles. The van der Waals surface area contributed by atoms with Crippen LogP contribution in [0.5, 0.6) is 0 Å². The Bertz CT molecular complexity index is 967. The summed E-state index contributed by atoms with van der Waals surface area (Å²) in [6.45, 7) is 0.967. The minimum absolute atomic E-state index is 0.0104. The molecular formula is C20H20N4O4. The number of rotatable bonds is 4. The lowest BCUT2D eigenvalue weighted by Gasteiger charge is -2.31. The number of piperidine rings is 1. The lowest BCUT2D eigenvalue weighted by molar-refractivity contribution is -0.142. The monoisotopic (exact) mass is 380 g/mol. The summed E-state index contributed by atoms with van der Waals surface area (Å²) in [5, 5.41) is 8.85. The average molecular weight is 380 g/mol. The molecule has 28 heavy (non-hydrogen) atoms. The van der Waals surface area contributed by atoms with Crippen molar-refractivity contribution in [1.29, 1.82) is 5.26 Å². The lowest BCUT2D eigenvalue weighted by Crippen LogP contribution is -2.41. The minimum atomic E-state index is -0.504. The molecule has 2 aromatic rings. The molecule has 144 valence electrons. The maximum atomic E-state index is 12.7. The van der Waals surface area contributed by atoms with E-state index in [0.717, 1.165) is 0 Å². The first-order valence-electron chi connectivity index (χ1n) is 8.97. The van der Waals surface area contributed by atoms with Crippen LogP contribution in [-0.4, -0.2) is 46.9 Å². The molecule has 0 atom stereocenters. The number of nitrogens with one attached hydrogen (secondary N) is 1. The molecule has 1 amide bonds. The van der Waals surface area contributed by atoms with Gasteiger partial charge in [-0.25, -0.2) is 4.98 Å². The number of benzene rings is 1. The summed E-state index contributed by atoms with van der Waals surface area (Å²) in [5.41, 5.74) is 0.645. The molecule has 1 aliphatic rings. The number of methoxy groups -OCH3 is 1. The van der Waals surface area contributed by atoms with E-state index in [2.05, 4.69) is 14.7 Å². The number of amides is 1. The number of H-pyrrole nitrogens is 1. The van der Waals surface area contributed by atoms with E-state index in [1.165, 1.54) is 13.3 Å². The second kappa shape index (κ2) is 8.48. The van der Waals surface area contributed by atoms with E-state index in [-0.39, 0.29) is 23.4 Å². The zero-order chi connectivity index (χ0) is 20.1. The van der Waals surface area contributed by atoms with Crippen LogP contribution in [-0.2, 0) is 9.53 Å². The fourth-order valence-electron chi connectivity index (χ4n) is 3.23. The van der Waals surface area contributed by atoms with Crippen LogP contribution in [0.3, 0.4) is 0 Å². The van der Waals surface area contributed by atoms with Crippen LogP contribution in [0.1, 0.15) is 35.2 Å². The van der Waals surface area contributed by atoms with Gasteiger partial charge in [0.2, 0.25) is 0 Å². The van der Waals surface area contributed by atoms with E-state index < -0.39 is 5.56 Å². The van der Waals surface area contributed by atoms with Crippen LogP contribution < -0.4 is 5.56 Å². The highest BCUT2D eigenvalue weighted by atomic mass is 16.5. The maximum absolute atomic E-state index is 12.7. The van der Waals surface area contributed by atoms with Crippen molar-refractivity contribution in [2.24, 2.45) is 5.92 Å². The molecule has 1 aliphatic heterocycles. The zero-order valence-corrected chi connectivity index (χ0v) is 15.5. The largest absolute Gasteiger partial charge is 0.469 e. The van der Waals surface area contributed by atoms with Crippen molar-refractivity contribution < 1.29 is 14.3 Å². The van der Waals surface area contributed by atoms with Crippen molar-refractivity contribution in [3.8, 4) is 17.5 Å². The smallest absolute Gasteiger partial charge is 0.305 e. The van der Waals surface area contributed by atoms with Gasteiger partial charge in [0.1, 0.15) is 11.4 Å². The number of nitrogens with zero attached hydrogens (tertiary/aromatic N) is 3. The minimum Gasteiger partial charge on any atom is -0.469 e. The average Bonchev–Trinajstić information content (AvgIpc) is 2.73. The van der Waals surface area contributed by atoms with Gasteiger partial charge in [-0.3, -0.25) is 14.4 Å². The van der Waals surface area contributed by atoms with Crippen LogP contribution in [0.4, 0.5) is 0 Å². The maximum Gasteiger partial charge on any atom is 0.305 e. The Hall–Kier alpha value is -3.47. The number of nitriles is 1. The van der Waals surface area contributed by atoms with E-state index >= 15 is 0 Å². The molecular weight excluding hydrogens is 360 g/mol. The topological polar surface area (TPSA) is 116 Å². The first kappa shape index (κ1) is 19.3. The lowest BCUT2D eigenvalue weighted by atomic mass is 9.93. The number of ether oxygens (including phenoxy) is 1. The molecule has 1 N–H and O–H groups in total. The Balaban J connectivity index is 1.69. The molecule has 2 heterocycles. The summed E-state index contributed by atoms with van der Waals surface area (Å²) >= 11 is 0. The van der Waals surface area contributed by atoms with Crippen LogP contribution in [0.25, 0.3) is 11.4 Å². The van der Waals surface area contributed by atoms with Gasteiger partial charge in [-0.05, 0) is 43.0 Å². The van der Waals surface area contributed by atoms with Crippen LogP contribution >= 0.6 is 0 Å². The SMILES string of the molecule is COC(=O)CC1CCN(C(=O)c2cnc(-c3ccc(C#N)cc3)[nH]c2=O)CC1. The standard InChI is InChI=1S/C20H20N4O4/c1-28-17(25)10-13-6-8-24(9-7-13)20(27)16-12-22-18(23-19(16)26)15-4-2-14(11-21)3-5-15/h2-5,12-13H,6-10H2,1H3,(H,22,23,26). The third-order valence-electron chi connectivity index (χ3n) is 4.90. The fraction of sp³-hybridized carbons (Fsp3) is 0.350. The second-order valence-electron chi connectivity index (χ2n) is 6.68. The molecule has 0 spiro atoms. The summed E-state index contributed by atoms with van der Waals surface area (Å²) in [5.74, 6) is -0.0880. The summed E-state index contributed by atoms with van der Waals surface area (Å²) in [6.07, 6.45) is 3.01. The Morgan fingerprint density at radius 2 is 1.96 bits per heavy atom. The summed E-state index contributed by atoms with van der Waals surface area (Å²) < 4.78 is 4.68. The second-order valence-corrected chi connectivity index (χ2v) is 6.68. The molecule has 3 rings (SSSR count). The number of hydrogen-bond acceptors (Lipinski definition) is 6. The number of likely N-dealkylation sites (tertiary alicyclic amines) is 1. The Labute approximate surface area is 161 Å². The van der Waals surface area contributed by atoms with Crippen molar-refractivity contribution in [3.63, 3.8) is 0 Å². The number of aromatic nitrogens is 2. The molecule has 0 unspecified atom stereocenters. The number of carbonyl (C=O) groups is 2. The van der Waals surface area contributed by atoms with Gasteiger partial charge in [0.05, 0.1) is 18.7 Å². The van der Waals surface area contributed by atoms with Crippen molar-refractivity contribution in [2.75, 3.05) is 20.2 Å². The molecule has 8 heteroatoms. The van der Waals surface area contributed by atoms with Crippen molar-refractivity contribution in [1.82, 2.24) is 14.9 Å². The third-order valence-corrected chi connectivity index (χ3v) is 4.90. The van der Waals surface area contributed by atoms with Gasteiger partial charge in [-0.1, -0.05) is 0 Å². The van der Waals surface area contributed by atoms with E-state index in [4.69, 9.17) is 5.26 Å². The molecule has 1 aromatic heterocycles. The zero-order valence-electron chi connectivity index (χ0n) is 15.5. The van der Waals surface area contributed by atoms with E-state index in [1.54, 1.807) is 29.2 Å². The van der Waals surface area contributed by atoms with Crippen molar-refractivity contribution >= 4 is 11.9 Å². The molecule has 0 saturated carbocycles. The number of esters is 1. The van der Waals surface area contributed by atoms with Gasteiger partial charge in [-0.2, -0.15) is 5.26 Å². The van der Waals surface area contributed by atoms with Crippen molar-refractivity contribution in [3.05, 3.63) is 51.9 Å². The number of aromatic amines is 1. The highest BCUT2D eigenvalue weighted by Crippen LogP contribution is 2.22. The summed E-state index contributed by atoms with van der Waals surface area (Å²) in [4.78, 5) is 44.9. The molecule has 1 aromatic carbocycles. The molecule has 1 saturated heterocycles. The van der Waals surface area contributed by atoms with Gasteiger partial charge in [0, 0.05) is 31.3 Å². The predicted octanol–water partition coefficient (Wildman–Crippen LogP) is 1.72. The Kier molecular flexibility index (Phi) is 5.84. The van der Waals surface area contributed by atoms with Gasteiger partial charge in [-0.15, -0.1) is 0 Å². The van der Waals surface area contributed by atoms with Crippen LogP contribution in [0.15, 0.2) is 35.3 Å². The van der Waals surface area contributed by atoms with Crippen molar-refractivity contribution in [2.45, 2.75) is 19.3 Å². The van der Waals surface area contributed by atoms with Crippen LogP contribution in [0, 0.1) is 17.2 Å². The first-order chi connectivity index (χ1) is 13.5. The molecule has 0 radical (unpaired) electrons. The first-order valence-corrected chi connectivity index (χ1v) is 8.97. The van der Waals surface area contributed by atoms with E-state index in [1.807, 2.05) is 6.07 Å². The Morgan fingerprint density at radius 3 is 2.54 bits per heavy atom. The van der Waals surface area contributed by atoms with Crippen LogP contribution in [0.2, 0.25) is 0 Å². The predicted molar refractivity (Wildman–Crippen MR) is 100 cm³/mol. The van der Waals surface area contributed by atoms with Gasteiger partial charge < -0.3 is 14.6 Å². The Morgan fingerprint density at radius 1 is 1.29 bits per heavy atom. The van der Waals surface area contributed by atoms with Gasteiger partial charge in [0.25, 0.3) is 11.5 Å². The quantitative estimate of drug-likeness (QED) is 0.808. The normalized spacial score (nSPS) is 14.4. The third kappa shape index (κ3) is 4.26.